The van der Waals surface area contributed by atoms with E-state index < -0.39 is 0 Å². The third-order valence-corrected chi connectivity index (χ3v) is 5.45. The number of benzene rings is 1. The van der Waals surface area contributed by atoms with Crippen molar-refractivity contribution in [3.8, 4) is 0 Å². The standard InChI is InChI=1S/C22H37FN6O/c1-5-25-22(27-18-10-12-28(13-11-18)16-21(30)24-4)26-15-17-8-9-20(19(23)14-17)29(6-2)7-3/h8-9,14,18H,5-7,10-13,15-16H2,1-4H3,(H,24,30)(H2,25,26,27). The van der Waals surface area contributed by atoms with Gasteiger partial charge in [-0.2, -0.15) is 0 Å². The van der Waals surface area contributed by atoms with Gasteiger partial charge in [0.2, 0.25) is 5.91 Å². The van der Waals surface area contributed by atoms with E-state index in [0.29, 0.717) is 24.8 Å². The Morgan fingerprint density at radius 1 is 1.23 bits per heavy atom. The number of carbonyl (C=O) groups excluding carboxylic acids is 1. The Kier molecular flexibility index (Phi) is 9.86. The highest BCUT2D eigenvalue weighted by Crippen LogP contribution is 2.20. The molecule has 1 heterocycles. The molecule has 1 amide bonds. The lowest BCUT2D eigenvalue weighted by Crippen LogP contribution is -2.50. The molecule has 2 rings (SSSR count). The zero-order chi connectivity index (χ0) is 21.9. The molecule has 0 atom stereocenters. The van der Waals surface area contributed by atoms with E-state index in [9.17, 15) is 9.18 Å². The summed E-state index contributed by atoms with van der Waals surface area (Å²) in [7, 11) is 1.67. The zero-order valence-electron chi connectivity index (χ0n) is 18.8. The number of guanidine groups is 1. The second-order valence-corrected chi connectivity index (χ2v) is 7.52. The van der Waals surface area contributed by atoms with Crippen molar-refractivity contribution in [3.63, 3.8) is 0 Å². The van der Waals surface area contributed by atoms with Crippen LogP contribution < -0.4 is 20.9 Å². The summed E-state index contributed by atoms with van der Waals surface area (Å²) in [5.41, 5.74) is 1.49. The van der Waals surface area contributed by atoms with Gasteiger partial charge < -0.3 is 20.9 Å². The summed E-state index contributed by atoms with van der Waals surface area (Å²) >= 11 is 0. The van der Waals surface area contributed by atoms with E-state index >= 15 is 0 Å². The van der Waals surface area contributed by atoms with Crippen molar-refractivity contribution < 1.29 is 9.18 Å². The van der Waals surface area contributed by atoms with E-state index in [2.05, 4.69) is 25.8 Å². The van der Waals surface area contributed by atoms with Gasteiger partial charge in [-0.15, -0.1) is 0 Å². The monoisotopic (exact) mass is 420 g/mol. The van der Waals surface area contributed by atoms with E-state index in [0.717, 1.165) is 57.1 Å². The van der Waals surface area contributed by atoms with Crippen LogP contribution in [0.1, 0.15) is 39.2 Å². The lowest BCUT2D eigenvalue weighted by Gasteiger charge is -2.32. The minimum absolute atomic E-state index is 0.0514. The molecule has 1 aromatic carbocycles. The quantitative estimate of drug-likeness (QED) is 0.421. The van der Waals surface area contributed by atoms with Crippen LogP contribution in [0.4, 0.5) is 10.1 Å². The third-order valence-electron chi connectivity index (χ3n) is 5.45. The van der Waals surface area contributed by atoms with Gasteiger partial charge in [-0.25, -0.2) is 9.38 Å². The highest BCUT2D eigenvalue weighted by molar-refractivity contribution is 5.80. The normalized spacial score (nSPS) is 15.7. The fraction of sp³-hybridized carbons (Fsp3) is 0.636. The molecule has 0 spiro atoms. The van der Waals surface area contributed by atoms with E-state index in [1.165, 1.54) is 0 Å². The number of nitrogens with zero attached hydrogens (tertiary/aromatic N) is 3. The van der Waals surface area contributed by atoms with Crippen LogP contribution in [0.25, 0.3) is 0 Å². The van der Waals surface area contributed by atoms with Gasteiger partial charge in [-0.3, -0.25) is 9.69 Å². The Morgan fingerprint density at radius 3 is 2.50 bits per heavy atom. The van der Waals surface area contributed by atoms with Crippen molar-refractivity contribution in [3.05, 3.63) is 29.6 Å². The molecule has 0 saturated carbocycles. The zero-order valence-corrected chi connectivity index (χ0v) is 18.8. The van der Waals surface area contributed by atoms with Crippen LogP contribution in [-0.2, 0) is 11.3 Å². The first-order chi connectivity index (χ1) is 14.5. The van der Waals surface area contributed by atoms with Crippen molar-refractivity contribution in [2.24, 2.45) is 4.99 Å². The Bertz CT molecular complexity index is 699. The molecule has 0 bridgehead atoms. The summed E-state index contributed by atoms with van der Waals surface area (Å²) in [5, 5.41) is 9.43. The van der Waals surface area contributed by atoms with Crippen LogP contribution in [0, 0.1) is 5.82 Å². The van der Waals surface area contributed by atoms with Gasteiger partial charge in [0.1, 0.15) is 5.82 Å². The van der Waals surface area contributed by atoms with E-state index in [1.54, 1.807) is 13.1 Å². The number of likely N-dealkylation sites (tertiary alicyclic amines) is 1. The van der Waals surface area contributed by atoms with Crippen molar-refractivity contribution in [1.82, 2.24) is 20.9 Å². The Hall–Kier alpha value is -2.35. The number of hydrogen-bond donors (Lipinski definition) is 3. The van der Waals surface area contributed by atoms with Gasteiger partial charge in [0.25, 0.3) is 0 Å². The fourth-order valence-corrected chi connectivity index (χ4v) is 3.67. The van der Waals surface area contributed by atoms with Gasteiger partial charge in [-0.05, 0) is 51.3 Å². The molecule has 3 N–H and O–H groups in total. The fourth-order valence-electron chi connectivity index (χ4n) is 3.67. The molecule has 0 aliphatic carbocycles. The SMILES string of the molecule is CCNC(=NCc1ccc(N(CC)CC)c(F)c1)NC1CCN(CC(=O)NC)CC1. The molecule has 1 saturated heterocycles. The molecule has 1 aliphatic rings. The summed E-state index contributed by atoms with van der Waals surface area (Å²) in [6, 6.07) is 5.68. The van der Waals surface area contributed by atoms with Crippen LogP contribution in [0.2, 0.25) is 0 Å². The van der Waals surface area contributed by atoms with Gasteiger partial charge in [0.15, 0.2) is 5.96 Å². The Morgan fingerprint density at radius 2 is 1.93 bits per heavy atom. The predicted octanol–water partition coefficient (Wildman–Crippen LogP) is 1.94. The lowest BCUT2D eigenvalue weighted by atomic mass is 10.1. The summed E-state index contributed by atoms with van der Waals surface area (Å²) in [5.74, 6) is 0.596. The summed E-state index contributed by atoms with van der Waals surface area (Å²) < 4.78 is 14.5. The summed E-state index contributed by atoms with van der Waals surface area (Å²) in [6.45, 7) is 11.0. The number of hydrogen-bond acceptors (Lipinski definition) is 4. The van der Waals surface area contributed by atoms with E-state index in [4.69, 9.17) is 0 Å². The maximum atomic E-state index is 14.5. The number of likely N-dealkylation sites (N-methyl/N-ethyl adjacent to an activating group) is 1. The first-order valence-corrected chi connectivity index (χ1v) is 11.0. The average molecular weight is 421 g/mol. The van der Waals surface area contributed by atoms with Gasteiger partial charge >= 0.3 is 0 Å². The van der Waals surface area contributed by atoms with E-state index in [-0.39, 0.29) is 11.7 Å². The highest BCUT2D eigenvalue weighted by Gasteiger charge is 2.21. The van der Waals surface area contributed by atoms with Crippen molar-refractivity contribution in [2.45, 2.75) is 46.2 Å². The molecule has 30 heavy (non-hydrogen) atoms. The molecular formula is C22H37FN6O. The largest absolute Gasteiger partial charge is 0.370 e. The Balaban J connectivity index is 1.93. The number of carbonyl (C=O) groups is 1. The molecule has 0 unspecified atom stereocenters. The van der Waals surface area contributed by atoms with Crippen LogP contribution in [0.5, 0.6) is 0 Å². The Labute approximate surface area is 180 Å². The van der Waals surface area contributed by atoms with Crippen LogP contribution in [0.3, 0.4) is 0 Å². The maximum absolute atomic E-state index is 14.5. The summed E-state index contributed by atoms with van der Waals surface area (Å²) in [4.78, 5) is 20.4. The molecule has 0 aromatic heterocycles. The summed E-state index contributed by atoms with van der Waals surface area (Å²) in [6.07, 6.45) is 1.91. The number of rotatable bonds is 9. The maximum Gasteiger partial charge on any atom is 0.233 e. The topological polar surface area (TPSA) is 72.0 Å². The average Bonchev–Trinajstić information content (AvgIpc) is 2.75. The number of nitrogens with one attached hydrogen (secondary N) is 3. The molecule has 1 aromatic rings. The minimum Gasteiger partial charge on any atom is -0.370 e. The highest BCUT2D eigenvalue weighted by atomic mass is 19.1. The number of aliphatic imine (C=N–C) groups is 1. The van der Waals surface area contributed by atoms with Crippen LogP contribution in [-0.4, -0.2) is 69.1 Å². The number of anilines is 1. The van der Waals surface area contributed by atoms with Gasteiger partial charge in [0, 0.05) is 45.8 Å². The molecular weight excluding hydrogens is 383 g/mol. The van der Waals surface area contributed by atoms with Crippen LogP contribution in [0.15, 0.2) is 23.2 Å². The van der Waals surface area contributed by atoms with Gasteiger partial charge in [-0.1, -0.05) is 6.07 Å². The molecule has 7 nitrogen and oxygen atoms in total. The molecule has 8 heteroatoms. The second kappa shape index (κ2) is 12.4. The molecule has 0 radical (unpaired) electrons. The minimum atomic E-state index is -0.201. The molecule has 168 valence electrons. The van der Waals surface area contributed by atoms with Crippen molar-refractivity contribution in [2.75, 3.05) is 51.2 Å². The van der Waals surface area contributed by atoms with Crippen molar-refractivity contribution in [1.29, 1.82) is 0 Å². The first kappa shape index (κ1) is 23.9. The predicted molar refractivity (Wildman–Crippen MR) is 121 cm³/mol. The first-order valence-electron chi connectivity index (χ1n) is 11.0. The number of halogens is 1. The smallest absolute Gasteiger partial charge is 0.233 e. The third kappa shape index (κ3) is 7.16. The number of amides is 1. The lowest BCUT2D eigenvalue weighted by molar-refractivity contribution is -0.122. The van der Waals surface area contributed by atoms with Crippen molar-refractivity contribution >= 4 is 17.6 Å². The van der Waals surface area contributed by atoms with Crippen LogP contribution >= 0.6 is 0 Å². The number of piperidine rings is 1. The van der Waals surface area contributed by atoms with Gasteiger partial charge in [0.05, 0.1) is 18.8 Å². The molecule has 1 aliphatic heterocycles. The second-order valence-electron chi connectivity index (χ2n) is 7.52. The van der Waals surface area contributed by atoms with E-state index in [1.807, 2.05) is 37.8 Å². The molecule has 1 fully saturated rings.